The summed E-state index contributed by atoms with van der Waals surface area (Å²) in [6.07, 6.45) is -0.0852. The van der Waals surface area contributed by atoms with Crippen LogP contribution < -0.4 is 4.74 Å². The molecule has 1 aromatic heterocycles. The standard InChI is InChI=1S/C23H24O5/c1-5-19-21(18-9-7-8-10-20(18)28-19)22(24)17-12-11-16(13-14(17)3)27-15(4)23(25)26-6-2/h7-13,15H,5-6H2,1-4H3. The molecule has 2 aromatic carbocycles. The molecule has 0 aliphatic heterocycles. The molecule has 0 saturated carbocycles. The van der Waals surface area contributed by atoms with E-state index in [1.54, 1.807) is 32.0 Å². The number of rotatable bonds is 7. The normalized spacial score (nSPS) is 12.0. The quantitative estimate of drug-likeness (QED) is 0.432. The van der Waals surface area contributed by atoms with Crippen molar-refractivity contribution in [2.75, 3.05) is 6.61 Å². The molecule has 0 saturated heterocycles. The van der Waals surface area contributed by atoms with Crippen molar-refractivity contribution >= 4 is 22.7 Å². The fourth-order valence-electron chi connectivity index (χ4n) is 3.20. The maximum Gasteiger partial charge on any atom is 0.347 e. The minimum atomic E-state index is -0.717. The zero-order valence-corrected chi connectivity index (χ0v) is 16.6. The molecule has 5 heteroatoms. The molecule has 0 bridgehead atoms. The molecule has 1 unspecified atom stereocenters. The van der Waals surface area contributed by atoms with Crippen LogP contribution in [0.4, 0.5) is 0 Å². The summed E-state index contributed by atoms with van der Waals surface area (Å²) in [5.74, 6) is 0.700. The number of fused-ring (bicyclic) bond motifs is 1. The third kappa shape index (κ3) is 3.79. The van der Waals surface area contributed by atoms with Crippen LogP contribution >= 0.6 is 0 Å². The molecule has 0 aliphatic carbocycles. The maximum absolute atomic E-state index is 13.3. The van der Waals surface area contributed by atoms with Gasteiger partial charge in [-0.05, 0) is 50.6 Å². The number of ketones is 1. The van der Waals surface area contributed by atoms with Crippen LogP contribution in [0.3, 0.4) is 0 Å². The molecule has 28 heavy (non-hydrogen) atoms. The van der Waals surface area contributed by atoms with Gasteiger partial charge in [-0.3, -0.25) is 4.79 Å². The van der Waals surface area contributed by atoms with E-state index in [4.69, 9.17) is 13.9 Å². The molecular formula is C23H24O5. The summed E-state index contributed by atoms with van der Waals surface area (Å²) < 4.78 is 16.5. The molecule has 146 valence electrons. The SMILES string of the molecule is CCOC(=O)C(C)Oc1ccc(C(=O)c2c(CC)oc3ccccc23)c(C)c1. The molecule has 1 atom stereocenters. The van der Waals surface area contributed by atoms with Gasteiger partial charge in [0.05, 0.1) is 12.2 Å². The van der Waals surface area contributed by atoms with Crippen molar-refractivity contribution in [2.45, 2.75) is 40.2 Å². The zero-order chi connectivity index (χ0) is 20.3. The van der Waals surface area contributed by atoms with E-state index in [1.807, 2.05) is 38.1 Å². The van der Waals surface area contributed by atoms with Gasteiger partial charge in [0.1, 0.15) is 17.1 Å². The van der Waals surface area contributed by atoms with Crippen molar-refractivity contribution in [1.82, 2.24) is 0 Å². The van der Waals surface area contributed by atoms with Gasteiger partial charge < -0.3 is 13.9 Å². The van der Waals surface area contributed by atoms with Gasteiger partial charge in [-0.15, -0.1) is 0 Å². The summed E-state index contributed by atoms with van der Waals surface area (Å²) in [6.45, 7) is 7.51. The Bertz CT molecular complexity index is 1020. The van der Waals surface area contributed by atoms with E-state index < -0.39 is 12.1 Å². The summed E-state index contributed by atoms with van der Waals surface area (Å²) in [5.41, 5.74) is 2.67. The number of aryl methyl sites for hydroxylation is 2. The van der Waals surface area contributed by atoms with Crippen LogP contribution in [0.1, 0.15) is 48.0 Å². The second-order valence-corrected chi connectivity index (χ2v) is 6.57. The van der Waals surface area contributed by atoms with E-state index in [-0.39, 0.29) is 5.78 Å². The summed E-state index contributed by atoms with van der Waals surface area (Å²) in [5, 5.41) is 0.819. The zero-order valence-electron chi connectivity index (χ0n) is 16.6. The number of hydrogen-bond donors (Lipinski definition) is 0. The van der Waals surface area contributed by atoms with Crippen LogP contribution in [0.2, 0.25) is 0 Å². The third-order valence-corrected chi connectivity index (χ3v) is 4.59. The molecule has 0 aliphatic rings. The van der Waals surface area contributed by atoms with Gasteiger partial charge in [-0.2, -0.15) is 0 Å². The summed E-state index contributed by atoms with van der Waals surface area (Å²) in [4.78, 5) is 25.0. The fraction of sp³-hybridized carbons (Fsp3) is 0.304. The van der Waals surface area contributed by atoms with Crippen molar-refractivity contribution < 1.29 is 23.5 Å². The molecule has 0 fully saturated rings. The van der Waals surface area contributed by atoms with Gasteiger partial charge in [0.2, 0.25) is 0 Å². The Kier molecular flexibility index (Phi) is 5.83. The number of hydrogen-bond acceptors (Lipinski definition) is 5. The Morgan fingerprint density at radius 1 is 1.11 bits per heavy atom. The van der Waals surface area contributed by atoms with Crippen molar-refractivity contribution in [1.29, 1.82) is 0 Å². The minimum absolute atomic E-state index is 0.0794. The highest BCUT2D eigenvalue weighted by molar-refractivity contribution is 6.17. The van der Waals surface area contributed by atoms with Crippen LogP contribution in [0.15, 0.2) is 46.9 Å². The lowest BCUT2D eigenvalue weighted by atomic mass is 9.96. The maximum atomic E-state index is 13.3. The summed E-state index contributed by atoms with van der Waals surface area (Å²) in [6, 6.07) is 12.7. The first-order chi connectivity index (χ1) is 13.5. The monoisotopic (exact) mass is 380 g/mol. The van der Waals surface area contributed by atoms with Crippen molar-refractivity contribution in [3.8, 4) is 5.75 Å². The number of carbonyl (C=O) groups excluding carboxylic acids is 2. The van der Waals surface area contributed by atoms with Gasteiger partial charge in [0, 0.05) is 17.4 Å². The van der Waals surface area contributed by atoms with E-state index in [1.165, 1.54) is 0 Å². The number of carbonyl (C=O) groups is 2. The lowest BCUT2D eigenvalue weighted by Crippen LogP contribution is -2.26. The molecule has 1 heterocycles. The number of furan rings is 1. The lowest BCUT2D eigenvalue weighted by Gasteiger charge is -2.14. The molecule has 3 aromatic rings. The number of para-hydroxylation sites is 1. The predicted molar refractivity (Wildman–Crippen MR) is 107 cm³/mol. The minimum Gasteiger partial charge on any atom is -0.479 e. The Labute approximate surface area is 164 Å². The number of ether oxygens (including phenoxy) is 2. The summed E-state index contributed by atoms with van der Waals surface area (Å²) in [7, 11) is 0. The van der Waals surface area contributed by atoms with E-state index >= 15 is 0 Å². The first-order valence-electron chi connectivity index (χ1n) is 9.45. The molecule has 0 N–H and O–H groups in total. The average molecular weight is 380 g/mol. The molecule has 0 spiro atoms. The van der Waals surface area contributed by atoms with E-state index in [0.29, 0.717) is 41.2 Å². The highest BCUT2D eigenvalue weighted by Crippen LogP contribution is 2.30. The Balaban J connectivity index is 1.91. The fourth-order valence-corrected chi connectivity index (χ4v) is 3.20. The van der Waals surface area contributed by atoms with Crippen LogP contribution in [-0.4, -0.2) is 24.5 Å². The first-order valence-corrected chi connectivity index (χ1v) is 9.45. The van der Waals surface area contributed by atoms with Gasteiger partial charge in [-0.1, -0.05) is 25.1 Å². The summed E-state index contributed by atoms with van der Waals surface area (Å²) >= 11 is 0. The highest BCUT2D eigenvalue weighted by atomic mass is 16.6. The molecule has 0 amide bonds. The second-order valence-electron chi connectivity index (χ2n) is 6.57. The smallest absolute Gasteiger partial charge is 0.347 e. The van der Waals surface area contributed by atoms with Crippen molar-refractivity contribution in [2.24, 2.45) is 0 Å². The number of benzene rings is 2. The largest absolute Gasteiger partial charge is 0.479 e. The Morgan fingerprint density at radius 2 is 1.86 bits per heavy atom. The predicted octanol–water partition coefficient (Wildman–Crippen LogP) is 4.87. The average Bonchev–Trinajstić information content (AvgIpc) is 3.06. The van der Waals surface area contributed by atoms with Crippen molar-refractivity contribution in [3.63, 3.8) is 0 Å². The van der Waals surface area contributed by atoms with Crippen LogP contribution in [0, 0.1) is 6.92 Å². The molecular weight excluding hydrogens is 356 g/mol. The Morgan fingerprint density at radius 3 is 2.54 bits per heavy atom. The topological polar surface area (TPSA) is 65.7 Å². The van der Waals surface area contributed by atoms with E-state index in [9.17, 15) is 9.59 Å². The van der Waals surface area contributed by atoms with Gasteiger partial charge >= 0.3 is 5.97 Å². The van der Waals surface area contributed by atoms with Crippen LogP contribution in [0.5, 0.6) is 5.75 Å². The van der Waals surface area contributed by atoms with Crippen LogP contribution in [0.25, 0.3) is 11.0 Å². The van der Waals surface area contributed by atoms with Crippen LogP contribution in [-0.2, 0) is 16.0 Å². The van der Waals surface area contributed by atoms with Gasteiger partial charge in [-0.25, -0.2) is 4.79 Å². The van der Waals surface area contributed by atoms with Gasteiger partial charge in [0.25, 0.3) is 0 Å². The molecule has 0 radical (unpaired) electrons. The second kappa shape index (κ2) is 8.30. The van der Waals surface area contributed by atoms with Gasteiger partial charge in [0.15, 0.2) is 11.9 Å². The molecule has 5 nitrogen and oxygen atoms in total. The third-order valence-electron chi connectivity index (χ3n) is 4.59. The van der Waals surface area contributed by atoms with E-state index in [0.717, 1.165) is 10.9 Å². The first kappa shape index (κ1) is 19.7. The number of esters is 1. The Hall–Kier alpha value is -3.08. The van der Waals surface area contributed by atoms with Crippen molar-refractivity contribution in [3.05, 3.63) is 64.9 Å². The lowest BCUT2D eigenvalue weighted by molar-refractivity contribution is -0.150. The molecule has 3 rings (SSSR count). The van der Waals surface area contributed by atoms with E-state index in [2.05, 4.69) is 0 Å². The highest BCUT2D eigenvalue weighted by Gasteiger charge is 2.23.